The summed E-state index contributed by atoms with van der Waals surface area (Å²) in [6.07, 6.45) is 2.54. The first-order valence-electron chi connectivity index (χ1n) is 4.78. The molecule has 1 saturated heterocycles. The fourth-order valence-electron chi connectivity index (χ4n) is 1.86. The SMILES string of the molecule is ClCc1cccc(C2CCCN2)c1. The normalized spacial score (nSPS) is 22.1. The highest BCUT2D eigenvalue weighted by atomic mass is 35.5. The van der Waals surface area contributed by atoms with Crippen molar-refractivity contribution in [3.8, 4) is 0 Å². The molecule has 0 saturated carbocycles. The molecule has 2 heteroatoms. The van der Waals surface area contributed by atoms with Crippen LogP contribution < -0.4 is 5.32 Å². The van der Waals surface area contributed by atoms with Gasteiger partial charge in [-0.25, -0.2) is 0 Å². The molecule has 0 amide bonds. The zero-order valence-electron chi connectivity index (χ0n) is 7.59. The molecule has 1 aliphatic heterocycles. The maximum atomic E-state index is 5.79. The van der Waals surface area contributed by atoms with Gasteiger partial charge in [0.05, 0.1) is 0 Å². The fourth-order valence-corrected chi connectivity index (χ4v) is 2.03. The van der Waals surface area contributed by atoms with Crippen LogP contribution in [-0.4, -0.2) is 6.54 Å². The van der Waals surface area contributed by atoms with E-state index in [-0.39, 0.29) is 0 Å². The molecule has 1 fully saturated rings. The predicted octanol–water partition coefficient (Wildman–Crippen LogP) is 2.85. The number of alkyl halides is 1. The van der Waals surface area contributed by atoms with Gasteiger partial charge in [-0.1, -0.05) is 24.3 Å². The molecular formula is C11H14ClN. The molecule has 0 spiro atoms. The molecule has 1 atom stereocenters. The number of halogens is 1. The third-order valence-electron chi connectivity index (χ3n) is 2.57. The number of nitrogens with one attached hydrogen (secondary N) is 1. The lowest BCUT2D eigenvalue weighted by Crippen LogP contribution is -2.12. The van der Waals surface area contributed by atoms with Crippen molar-refractivity contribution in [2.24, 2.45) is 0 Å². The Balaban J connectivity index is 2.18. The minimum absolute atomic E-state index is 0.558. The van der Waals surface area contributed by atoms with E-state index in [0.29, 0.717) is 11.9 Å². The topological polar surface area (TPSA) is 12.0 Å². The van der Waals surface area contributed by atoms with Crippen molar-refractivity contribution >= 4 is 11.6 Å². The van der Waals surface area contributed by atoms with Gasteiger partial charge in [-0.15, -0.1) is 11.6 Å². The summed E-state index contributed by atoms with van der Waals surface area (Å²) in [6.45, 7) is 1.15. The Morgan fingerprint density at radius 1 is 1.46 bits per heavy atom. The third-order valence-corrected chi connectivity index (χ3v) is 2.88. The van der Waals surface area contributed by atoms with E-state index in [1.54, 1.807) is 0 Å². The Bertz CT molecular complexity index is 279. The van der Waals surface area contributed by atoms with Crippen LogP contribution in [0.1, 0.15) is 30.0 Å². The summed E-state index contributed by atoms with van der Waals surface area (Å²) in [6, 6.07) is 9.11. The minimum Gasteiger partial charge on any atom is -0.310 e. The molecule has 1 unspecified atom stereocenters. The Morgan fingerprint density at radius 2 is 2.38 bits per heavy atom. The highest BCUT2D eigenvalue weighted by Crippen LogP contribution is 2.23. The van der Waals surface area contributed by atoms with Crippen LogP contribution >= 0.6 is 11.6 Å². The minimum atomic E-state index is 0.558. The largest absolute Gasteiger partial charge is 0.310 e. The van der Waals surface area contributed by atoms with Crippen molar-refractivity contribution in [3.63, 3.8) is 0 Å². The van der Waals surface area contributed by atoms with Gasteiger partial charge < -0.3 is 5.32 Å². The van der Waals surface area contributed by atoms with Crippen molar-refractivity contribution in [3.05, 3.63) is 35.4 Å². The molecule has 1 N–H and O–H groups in total. The van der Waals surface area contributed by atoms with E-state index in [2.05, 4.69) is 29.6 Å². The van der Waals surface area contributed by atoms with Crippen LogP contribution in [0, 0.1) is 0 Å². The summed E-state index contributed by atoms with van der Waals surface area (Å²) >= 11 is 5.79. The van der Waals surface area contributed by atoms with Gasteiger partial charge in [-0.3, -0.25) is 0 Å². The summed E-state index contributed by atoms with van der Waals surface area (Å²) in [5, 5.41) is 3.48. The van der Waals surface area contributed by atoms with Gasteiger partial charge in [-0.2, -0.15) is 0 Å². The molecule has 0 aromatic heterocycles. The lowest BCUT2D eigenvalue weighted by molar-refractivity contribution is 0.647. The van der Waals surface area contributed by atoms with E-state index in [4.69, 9.17) is 11.6 Å². The molecule has 0 radical (unpaired) electrons. The molecule has 2 rings (SSSR count). The molecule has 1 heterocycles. The zero-order chi connectivity index (χ0) is 9.10. The molecule has 1 aromatic carbocycles. The maximum absolute atomic E-state index is 5.79. The van der Waals surface area contributed by atoms with E-state index >= 15 is 0 Å². The molecule has 0 aliphatic carbocycles. The van der Waals surface area contributed by atoms with Gasteiger partial charge in [0, 0.05) is 11.9 Å². The first kappa shape index (κ1) is 9.04. The predicted molar refractivity (Wildman–Crippen MR) is 56.0 cm³/mol. The van der Waals surface area contributed by atoms with Gasteiger partial charge in [-0.05, 0) is 30.5 Å². The van der Waals surface area contributed by atoms with Crippen molar-refractivity contribution in [2.45, 2.75) is 24.8 Å². The van der Waals surface area contributed by atoms with E-state index < -0.39 is 0 Å². The number of hydrogen-bond donors (Lipinski definition) is 1. The molecule has 1 nitrogen and oxygen atoms in total. The Morgan fingerprint density at radius 3 is 3.08 bits per heavy atom. The van der Waals surface area contributed by atoms with E-state index in [9.17, 15) is 0 Å². The second-order valence-corrected chi connectivity index (χ2v) is 3.79. The van der Waals surface area contributed by atoms with Gasteiger partial charge in [0.1, 0.15) is 0 Å². The third kappa shape index (κ3) is 2.04. The van der Waals surface area contributed by atoms with E-state index in [0.717, 1.165) is 6.54 Å². The highest BCUT2D eigenvalue weighted by Gasteiger charge is 2.15. The van der Waals surface area contributed by atoms with Gasteiger partial charge >= 0.3 is 0 Å². The van der Waals surface area contributed by atoms with E-state index in [1.807, 2.05) is 0 Å². The van der Waals surface area contributed by atoms with Gasteiger partial charge in [0.25, 0.3) is 0 Å². The average molecular weight is 196 g/mol. The molecule has 70 valence electrons. The maximum Gasteiger partial charge on any atom is 0.0474 e. The summed E-state index contributed by atoms with van der Waals surface area (Å²) in [5.41, 5.74) is 2.60. The van der Waals surface area contributed by atoms with Crippen LogP contribution in [0.15, 0.2) is 24.3 Å². The van der Waals surface area contributed by atoms with Crippen LogP contribution in [0.4, 0.5) is 0 Å². The first-order chi connectivity index (χ1) is 6.40. The average Bonchev–Trinajstić information content (AvgIpc) is 2.71. The van der Waals surface area contributed by atoms with Crippen LogP contribution in [0.3, 0.4) is 0 Å². The number of hydrogen-bond acceptors (Lipinski definition) is 1. The molecule has 1 aromatic rings. The Hall–Kier alpha value is -0.530. The Labute approximate surface area is 84.1 Å². The van der Waals surface area contributed by atoms with Crippen LogP contribution in [0.5, 0.6) is 0 Å². The van der Waals surface area contributed by atoms with Gasteiger partial charge in [0.15, 0.2) is 0 Å². The van der Waals surface area contributed by atoms with Crippen molar-refractivity contribution in [1.82, 2.24) is 5.32 Å². The zero-order valence-corrected chi connectivity index (χ0v) is 8.35. The molecule has 0 bridgehead atoms. The quantitative estimate of drug-likeness (QED) is 0.716. The van der Waals surface area contributed by atoms with Crippen molar-refractivity contribution < 1.29 is 0 Å². The highest BCUT2D eigenvalue weighted by molar-refractivity contribution is 6.17. The monoisotopic (exact) mass is 195 g/mol. The molecule has 13 heavy (non-hydrogen) atoms. The molecular weight excluding hydrogens is 182 g/mol. The first-order valence-corrected chi connectivity index (χ1v) is 5.32. The number of rotatable bonds is 2. The second-order valence-electron chi connectivity index (χ2n) is 3.53. The van der Waals surface area contributed by atoms with E-state index in [1.165, 1.54) is 24.0 Å². The van der Waals surface area contributed by atoms with Crippen molar-refractivity contribution in [2.75, 3.05) is 6.54 Å². The molecule has 1 aliphatic rings. The smallest absolute Gasteiger partial charge is 0.0474 e. The van der Waals surface area contributed by atoms with Crippen LogP contribution in [-0.2, 0) is 5.88 Å². The summed E-state index contributed by atoms with van der Waals surface area (Å²) < 4.78 is 0. The number of benzene rings is 1. The van der Waals surface area contributed by atoms with Crippen LogP contribution in [0.25, 0.3) is 0 Å². The summed E-state index contributed by atoms with van der Waals surface area (Å²) in [5.74, 6) is 0.612. The lowest BCUT2D eigenvalue weighted by atomic mass is 10.0. The van der Waals surface area contributed by atoms with Crippen molar-refractivity contribution in [1.29, 1.82) is 0 Å². The Kier molecular flexibility index (Phi) is 2.87. The standard InChI is InChI=1S/C11H14ClN/c12-8-9-3-1-4-10(7-9)11-5-2-6-13-11/h1,3-4,7,11,13H,2,5-6,8H2. The lowest BCUT2D eigenvalue weighted by Gasteiger charge is -2.10. The fraction of sp³-hybridized carbons (Fsp3) is 0.455. The second kappa shape index (κ2) is 4.12. The van der Waals surface area contributed by atoms with Crippen LogP contribution in [0.2, 0.25) is 0 Å². The summed E-state index contributed by atoms with van der Waals surface area (Å²) in [7, 11) is 0. The summed E-state index contributed by atoms with van der Waals surface area (Å²) in [4.78, 5) is 0. The van der Waals surface area contributed by atoms with Gasteiger partial charge in [0.2, 0.25) is 0 Å².